The Hall–Kier alpha value is -4.14. The van der Waals surface area contributed by atoms with E-state index in [2.05, 4.69) is 0 Å². The van der Waals surface area contributed by atoms with Crippen LogP contribution in [0.4, 0.5) is 0 Å². The second kappa shape index (κ2) is 9.12. The highest BCUT2D eigenvalue weighted by Crippen LogP contribution is 2.29. The zero-order valence-corrected chi connectivity index (χ0v) is 16.3. The maximum Gasteiger partial charge on any atom is 0.336 e. The number of amides is 1. The molecule has 3 aromatic rings. The largest absolute Gasteiger partial charge is 0.550 e. The van der Waals surface area contributed by atoms with Gasteiger partial charge in [-0.05, 0) is 30.2 Å². The van der Waals surface area contributed by atoms with E-state index < -0.39 is 42.0 Å². The zero-order valence-electron chi connectivity index (χ0n) is 16.3. The first kappa shape index (κ1) is 21.6. The molecule has 160 valence electrons. The van der Waals surface area contributed by atoms with Gasteiger partial charge in [0.05, 0.1) is 12.0 Å². The van der Waals surface area contributed by atoms with Crippen LogP contribution in [-0.4, -0.2) is 30.0 Å². The van der Waals surface area contributed by atoms with Crippen LogP contribution < -0.4 is 25.9 Å². The SMILES string of the molecule is CC(Oc1ccc2c(-c3ccccc3)cc(=O)oc2c1)C(=O)NC(CC(=O)[O-])C(=O)[O-]. The van der Waals surface area contributed by atoms with E-state index in [1.807, 2.05) is 35.6 Å². The summed E-state index contributed by atoms with van der Waals surface area (Å²) in [6.07, 6.45) is -2.12. The topological polar surface area (TPSA) is 149 Å². The van der Waals surface area contributed by atoms with Gasteiger partial charge in [0.1, 0.15) is 11.3 Å². The molecule has 2 atom stereocenters. The summed E-state index contributed by atoms with van der Waals surface area (Å²) in [6.45, 7) is 1.35. The molecule has 0 bridgehead atoms. The van der Waals surface area contributed by atoms with Gasteiger partial charge in [-0.2, -0.15) is 0 Å². The van der Waals surface area contributed by atoms with Crippen molar-refractivity contribution in [3.63, 3.8) is 0 Å². The van der Waals surface area contributed by atoms with Crippen LogP contribution in [0.25, 0.3) is 22.1 Å². The van der Waals surface area contributed by atoms with E-state index in [9.17, 15) is 29.4 Å². The summed E-state index contributed by atoms with van der Waals surface area (Å²) in [5.74, 6) is -4.09. The smallest absolute Gasteiger partial charge is 0.336 e. The second-order valence-electron chi connectivity index (χ2n) is 6.72. The highest BCUT2D eigenvalue weighted by atomic mass is 16.5. The maximum absolute atomic E-state index is 12.2. The second-order valence-corrected chi connectivity index (χ2v) is 6.72. The van der Waals surface area contributed by atoms with Crippen molar-refractivity contribution in [1.29, 1.82) is 0 Å². The number of ether oxygens (including phenoxy) is 1. The van der Waals surface area contributed by atoms with Gasteiger partial charge < -0.3 is 34.3 Å². The summed E-state index contributed by atoms with van der Waals surface area (Å²) in [6, 6.07) is 13.5. The lowest BCUT2D eigenvalue weighted by atomic mass is 10.0. The number of carbonyl (C=O) groups is 3. The molecule has 0 aliphatic carbocycles. The van der Waals surface area contributed by atoms with Crippen LogP contribution in [0.5, 0.6) is 5.75 Å². The summed E-state index contributed by atoms with van der Waals surface area (Å²) >= 11 is 0. The van der Waals surface area contributed by atoms with Crippen LogP contribution in [0, 0.1) is 0 Å². The van der Waals surface area contributed by atoms with Gasteiger partial charge >= 0.3 is 5.63 Å². The first-order chi connectivity index (χ1) is 14.7. The molecule has 0 radical (unpaired) electrons. The standard InChI is InChI=1S/C22H19NO8/c1-12(21(27)23-17(22(28)29)11-19(24)25)30-14-7-8-15-16(13-5-3-2-4-6-13)10-20(26)31-18(15)9-14/h2-10,12,17H,11H2,1H3,(H,23,27)(H,24,25)(H,28,29)/p-2. The normalized spacial score (nSPS) is 12.7. The van der Waals surface area contributed by atoms with Crippen LogP contribution in [0.2, 0.25) is 0 Å². The molecule has 2 aromatic carbocycles. The number of fused-ring (bicyclic) bond motifs is 1. The van der Waals surface area contributed by atoms with Crippen molar-refractivity contribution in [1.82, 2.24) is 5.32 Å². The Kier molecular flexibility index (Phi) is 6.35. The van der Waals surface area contributed by atoms with Crippen LogP contribution in [0.3, 0.4) is 0 Å². The Morgan fingerprint density at radius 3 is 2.42 bits per heavy atom. The molecule has 0 fully saturated rings. The van der Waals surface area contributed by atoms with Crippen molar-refractivity contribution in [3.8, 4) is 16.9 Å². The molecule has 3 rings (SSSR count). The van der Waals surface area contributed by atoms with Gasteiger partial charge in [0.15, 0.2) is 6.10 Å². The van der Waals surface area contributed by atoms with Crippen molar-refractivity contribution < 1.29 is 33.8 Å². The molecule has 31 heavy (non-hydrogen) atoms. The number of rotatable bonds is 8. The number of hydrogen-bond acceptors (Lipinski definition) is 8. The van der Waals surface area contributed by atoms with Gasteiger partial charge in [0.2, 0.25) is 0 Å². The lowest BCUT2D eigenvalue weighted by Crippen LogP contribution is -2.53. The summed E-state index contributed by atoms with van der Waals surface area (Å²) in [5.41, 5.74) is 1.17. The molecule has 0 saturated heterocycles. The molecule has 1 amide bonds. The first-order valence-electron chi connectivity index (χ1n) is 9.25. The average Bonchev–Trinajstić information content (AvgIpc) is 2.72. The molecule has 0 aliphatic rings. The summed E-state index contributed by atoms with van der Waals surface area (Å²) in [5, 5.41) is 24.3. The van der Waals surface area contributed by atoms with Crippen LogP contribution in [0.15, 0.2) is 63.8 Å². The third kappa shape index (κ3) is 5.27. The minimum Gasteiger partial charge on any atom is -0.550 e. The number of nitrogens with one attached hydrogen (secondary N) is 1. The maximum atomic E-state index is 12.2. The van der Waals surface area contributed by atoms with Crippen molar-refractivity contribution >= 4 is 28.8 Å². The van der Waals surface area contributed by atoms with Gasteiger partial charge in [-0.1, -0.05) is 30.3 Å². The number of carboxylic acid groups (broad SMARTS) is 2. The monoisotopic (exact) mass is 423 g/mol. The van der Waals surface area contributed by atoms with Crippen molar-refractivity contribution in [3.05, 3.63) is 65.0 Å². The Labute approximate surface area is 175 Å². The van der Waals surface area contributed by atoms with E-state index in [1.54, 1.807) is 12.1 Å². The Morgan fingerprint density at radius 1 is 1.06 bits per heavy atom. The molecule has 1 aromatic heterocycles. The van der Waals surface area contributed by atoms with Crippen molar-refractivity contribution in [2.24, 2.45) is 0 Å². The molecule has 9 nitrogen and oxygen atoms in total. The predicted octanol–water partition coefficient (Wildman–Crippen LogP) is -0.398. The number of hydrogen-bond donors (Lipinski definition) is 1. The van der Waals surface area contributed by atoms with Gasteiger partial charge in [-0.3, -0.25) is 4.79 Å². The van der Waals surface area contributed by atoms with Crippen LogP contribution in [0.1, 0.15) is 13.3 Å². The quantitative estimate of drug-likeness (QED) is 0.481. The summed E-state index contributed by atoms with van der Waals surface area (Å²) < 4.78 is 10.8. The highest BCUT2D eigenvalue weighted by Gasteiger charge is 2.20. The fourth-order valence-electron chi connectivity index (χ4n) is 2.98. The van der Waals surface area contributed by atoms with Crippen LogP contribution in [-0.2, 0) is 14.4 Å². The number of aliphatic carboxylic acids is 2. The van der Waals surface area contributed by atoms with E-state index in [0.29, 0.717) is 10.9 Å². The van der Waals surface area contributed by atoms with E-state index in [0.717, 1.165) is 5.56 Å². The number of carbonyl (C=O) groups excluding carboxylic acids is 3. The highest BCUT2D eigenvalue weighted by molar-refractivity contribution is 5.94. The lowest BCUT2D eigenvalue weighted by Gasteiger charge is -2.22. The Bertz CT molecular complexity index is 1190. The van der Waals surface area contributed by atoms with Crippen molar-refractivity contribution in [2.75, 3.05) is 0 Å². The Morgan fingerprint density at radius 2 is 1.77 bits per heavy atom. The third-order valence-electron chi connectivity index (χ3n) is 4.45. The zero-order chi connectivity index (χ0) is 22.5. The summed E-state index contributed by atoms with van der Waals surface area (Å²) in [4.78, 5) is 45.8. The molecule has 1 N–H and O–H groups in total. The van der Waals surface area contributed by atoms with E-state index in [-0.39, 0.29) is 11.3 Å². The molecular weight excluding hydrogens is 406 g/mol. The molecular formula is C22H17NO8-2. The van der Waals surface area contributed by atoms with Gasteiger partial charge in [-0.25, -0.2) is 4.79 Å². The average molecular weight is 423 g/mol. The van der Waals surface area contributed by atoms with Crippen molar-refractivity contribution in [2.45, 2.75) is 25.5 Å². The van der Waals surface area contributed by atoms with Gasteiger partial charge in [0.25, 0.3) is 5.91 Å². The van der Waals surface area contributed by atoms with E-state index in [4.69, 9.17) is 9.15 Å². The molecule has 2 unspecified atom stereocenters. The van der Waals surface area contributed by atoms with Crippen LogP contribution >= 0.6 is 0 Å². The molecule has 1 heterocycles. The predicted molar refractivity (Wildman–Crippen MR) is 105 cm³/mol. The van der Waals surface area contributed by atoms with Gasteiger partial charge in [0, 0.05) is 29.9 Å². The lowest BCUT2D eigenvalue weighted by molar-refractivity contribution is -0.317. The number of benzene rings is 2. The molecule has 0 aliphatic heterocycles. The minimum absolute atomic E-state index is 0.188. The fraction of sp³-hybridized carbons (Fsp3) is 0.182. The third-order valence-corrected chi connectivity index (χ3v) is 4.45. The molecule has 0 saturated carbocycles. The van der Waals surface area contributed by atoms with E-state index >= 15 is 0 Å². The Balaban J connectivity index is 1.82. The first-order valence-corrected chi connectivity index (χ1v) is 9.25. The minimum atomic E-state index is -1.76. The molecule has 0 spiro atoms. The van der Waals surface area contributed by atoms with Gasteiger partial charge in [-0.15, -0.1) is 0 Å². The summed E-state index contributed by atoms with van der Waals surface area (Å²) in [7, 11) is 0. The number of carboxylic acids is 2. The fourth-order valence-corrected chi connectivity index (χ4v) is 2.98. The van der Waals surface area contributed by atoms with E-state index in [1.165, 1.54) is 19.1 Å². The molecule has 9 heteroatoms.